The summed E-state index contributed by atoms with van der Waals surface area (Å²) < 4.78 is 0. The second kappa shape index (κ2) is 233. The number of rotatable bonds is 1. The van der Waals surface area contributed by atoms with Crippen LogP contribution in [0, 0.1) is 19.1 Å². The zero-order chi connectivity index (χ0) is 9.10. The Balaban J connectivity index is -0.00000000126. The number of aryl methyl sites for hydroxylation is 1. The normalized spacial score (nSPS) is 2.39. The minimum Gasteiger partial charge on any atom is -0.226 e. The molecule has 0 aliphatic rings. The first kappa shape index (κ1) is 274. The Morgan fingerprint density at radius 2 is 0.444 bits per heavy atom. The summed E-state index contributed by atoms with van der Waals surface area (Å²) in [5.74, 6) is 0. The van der Waals surface area contributed by atoms with E-state index >= 15 is 0 Å². The molecule has 0 spiro atoms. The quantitative estimate of drug-likeness (QED) is 0.386. The fourth-order valence-electron chi connectivity index (χ4n) is 1.23. The Hall–Kier alpha value is 43.7. The molecular formula is C13H10Y41-2. The maximum atomic E-state index is 3.22. The molecule has 0 unspecified atom stereocenters. The molecule has 0 aliphatic heterocycles. The summed E-state index contributed by atoms with van der Waals surface area (Å²) >= 11 is 0. The zero-order valence-corrected chi connectivity index (χ0v) is 148. The zero-order valence-electron chi connectivity index (χ0n) is 31.2. The van der Waals surface area contributed by atoms with Crippen LogP contribution in [-0.4, -0.2) is 0 Å². The Morgan fingerprint density at radius 3 is 0.593 bits per heavy atom. The van der Waals surface area contributed by atoms with Crippen molar-refractivity contribution in [1.82, 2.24) is 0 Å². The molecular weight excluding hydrogens is 3800 g/mol. The van der Waals surface area contributed by atoms with Crippen molar-refractivity contribution < 1.29 is 1340 Å². The minimum absolute atomic E-state index is 0. The van der Waals surface area contributed by atoms with E-state index in [0.29, 0.717) is 0 Å². The van der Waals surface area contributed by atoms with Crippen LogP contribution < -0.4 is 0 Å². The average molecular weight is 3810 g/mol. The van der Waals surface area contributed by atoms with Gasteiger partial charge in [-0.3, -0.25) is 0 Å². The third-order valence-corrected chi connectivity index (χ3v) is 1.97. The van der Waals surface area contributed by atoms with Gasteiger partial charge in [0, 0.05) is 1340 Å². The Kier molecular flexibility index (Phi) is 1180. The summed E-state index contributed by atoms with van der Waals surface area (Å²) in [7, 11) is 0. The molecule has 0 heterocycles. The molecule has 0 atom stereocenters. The van der Waals surface area contributed by atoms with E-state index in [1.807, 2.05) is 30.3 Å². The number of hydrogen-bond acceptors (Lipinski definition) is 0. The van der Waals surface area contributed by atoms with E-state index in [2.05, 4.69) is 31.2 Å². The van der Waals surface area contributed by atoms with Crippen molar-refractivity contribution in [1.29, 1.82) is 0 Å². The van der Waals surface area contributed by atoms with E-state index in [1.165, 1.54) is 5.56 Å². The molecule has 0 aromatic heterocycles. The van der Waals surface area contributed by atoms with E-state index in [9.17, 15) is 0 Å². The van der Waals surface area contributed by atoms with E-state index < -0.39 is 0 Å². The van der Waals surface area contributed by atoms with Gasteiger partial charge >= 0.3 is 0 Å². The molecule has 0 fully saturated rings. The van der Waals surface area contributed by atoms with Crippen LogP contribution in [0.5, 0.6) is 0 Å². The summed E-state index contributed by atoms with van der Waals surface area (Å²) in [6, 6.07) is 20.5. The molecule has 0 N–H and O–H groups in total. The fraction of sp³-hybridized carbons (Fsp3) is 0.0769. The maximum absolute atomic E-state index is 3.22. The third kappa shape index (κ3) is 199. The molecule has 187 valence electrons. The number of hydrogen-bond donors (Lipinski definition) is 0. The van der Waals surface area contributed by atoms with Gasteiger partial charge < -0.3 is 0 Å². The van der Waals surface area contributed by atoms with Crippen LogP contribution in [0.3, 0.4) is 0 Å². The van der Waals surface area contributed by atoms with Crippen molar-refractivity contribution in [3.05, 3.63) is 60.2 Å². The van der Waals surface area contributed by atoms with Crippen molar-refractivity contribution in [2.45, 2.75) is 6.92 Å². The van der Waals surface area contributed by atoms with Crippen molar-refractivity contribution in [2.75, 3.05) is 0 Å². The van der Waals surface area contributed by atoms with E-state index in [4.69, 9.17) is 0 Å². The second-order valence-corrected chi connectivity index (χ2v) is 3.06. The summed E-state index contributed by atoms with van der Waals surface area (Å²) in [4.78, 5) is 0. The predicted molar refractivity (Wildman–Crippen MR) is 54.3 cm³/mol. The van der Waals surface area contributed by atoms with Gasteiger partial charge in [0.15, 0.2) is 0 Å². The van der Waals surface area contributed by atoms with Gasteiger partial charge in [-0.25, -0.2) is 11.1 Å². The molecule has 0 saturated heterocycles. The van der Waals surface area contributed by atoms with Crippen LogP contribution >= 0.6 is 0 Å². The first-order valence-electron chi connectivity index (χ1n) is 4.32. The van der Waals surface area contributed by atoms with Gasteiger partial charge in [0.05, 0.1) is 0 Å². The van der Waals surface area contributed by atoms with Gasteiger partial charge in [0.25, 0.3) is 0 Å². The van der Waals surface area contributed by atoms with Crippen molar-refractivity contribution in [3.8, 4) is 11.1 Å². The molecule has 2 rings (SSSR count). The molecule has 0 nitrogen and oxygen atoms in total. The van der Waals surface area contributed by atoms with Crippen molar-refractivity contribution in [2.24, 2.45) is 0 Å². The standard InChI is InChI=1S/C13H10.41Y/c1-11-7-9-13(10-8-11)12-5-3-2-4-6-12;;;;;;;;;;;;;;;;;;;;;;;;;;;;;;;;;;;;;;;;;/h2-5,7-9H,1H3;;;;;;;;;;;;;;;;;;;;;;;;;;;;;;;;;;;;;;;;;/q-2;;;;;;;;;;;;;;;;;;;;;;;;;;;;;;;;;;;;;;;;;. The number of benzene rings is 2. The molecule has 0 bridgehead atoms. The topological polar surface area (TPSA) is 0 Å². The predicted octanol–water partition coefficient (Wildman–Crippen LogP) is 3.16. The van der Waals surface area contributed by atoms with Crippen molar-refractivity contribution in [3.63, 3.8) is 0 Å². The molecule has 0 saturated carbocycles. The Labute approximate surface area is 1370 Å². The molecule has 2 aromatic rings. The molecule has 41 radical (unpaired) electrons. The van der Waals surface area contributed by atoms with Crippen LogP contribution in [0.4, 0.5) is 0 Å². The smallest absolute Gasteiger partial charge is 0 e. The van der Waals surface area contributed by atoms with Gasteiger partial charge in [-0.1, -0.05) is 6.92 Å². The van der Waals surface area contributed by atoms with Crippen LogP contribution in [0.15, 0.2) is 42.5 Å². The SMILES string of the molecule is Cc1c[c-]c(-c2[c-]cccc2)cc1.[Y].[Y].[Y].[Y].[Y].[Y].[Y].[Y].[Y].[Y].[Y].[Y].[Y].[Y].[Y].[Y].[Y].[Y].[Y].[Y].[Y].[Y].[Y].[Y].[Y].[Y].[Y].[Y].[Y].[Y].[Y].[Y].[Y].[Y].[Y].[Y].[Y].[Y].[Y].[Y].[Y]. The Bertz CT molecular complexity index is 414. The molecule has 0 aliphatic carbocycles. The monoisotopic (exact) mass is 3810 g/mol. The summed E-state index contributed by atoms with van der Waals surface area (Å²) in [5.41, 5.74) is 3.44. The van der Waals surface area contributed by atoms with Crippen molar-refractivity contribution >= 4 is 0 Å². The van der Waals surface area contributed by atoms with Gasteiger partial charge in [-0.15, -0.1) is 11.6 Å². The maximum Gasteiger partial charge on any atom is 0 e. The first-order chi connectivity index (χ1) is 6.36. The van der Waals surface area contributed by atoms with E-state index in [1.54, 1.807) is 0 Å². The summed E-state index contributed by atoms with van der Waals surface area (Å²) in [5, 5.41) is 0. The largest absolute Gasteiger partial charge is 0.226 e. The molecule has 0 amide bonds. The first-order valence-corrected chi connectivity index (χ1v) is 4.32. The Morgan fingerprint density at radius 1 is 0.241 bits per heavy atom. The van der Waals surface area contributed by atoms with Crippen LogP contribution in [0.25, 0.3) is 11.1 Å². The van der Waals surface area contributed by atoms with E-state index in [0.717, 1.165) is 11.1 Å². The molecule has 41 heteroatoms. The van der Waals surface area contributed by atoms with Gasteiger partial charge in [-0.05, 0) is 0 Å². The van der Waals surface area contributed by atoms with E-state index in [-0.39, 0.29) is 1340 Å². The van der Waals surface area contributed by atoms with Crippen LogP contribution in [-0.2, 0) is 1340 Å². The second-order valence-electron chi connectivity index (χ2n) is 3.06. The van der Waals surface area contributed by atoms with Gasteiger partial charge in [-0.2, -0.15) is 48.5 Å². The fourth-order valence-corrected chi connectivity index (χ4v) is 1.23. The summed E-state index contributed by atoms with van der Waals surface area (Å²) in [6.07, 6.45) is 0. The average Bonchev–Trinajstić information content (AvgIpc) is 2.20. The van der Waals surface area contributed by atoms with Gasteiger partial charge in [0.2, 0.25) is 0 Å². The molecule has 2 aromatic carbocycles. The van der Waals surface area contributed by atoms with Crippen LogP contribution in [0.1, 0.15) is 5.56 Å². The van der Waals surface area contributed by atoms with Crippen LogP contribution in [0.2, 0.25) is 0 Å². The third-order valence-electron chi connectivity index (χ3n) is 1.97. The summed E-state index contributed by atoms with van der Waals surface area (Å²) in [6.45, 7) is 2.06. The van der Waals surface area contributed by atoms with Gasteiger partial charge in [0.1, 0.15) is 0 Å². The molecule has 54 heavy (non-hydrogen) atoms. The minimum atomic E-state index is 0.